The van der Waals surface area contributed by atoms with Gasteiger partial charge in [0.15, 0.2) is 15.2 Å². The van der Waals surface area contributed by atoms with Crippen molar-refractivity contribution in [3.63, 3.8) is 0 Å². The predicted molar refractivity (Wildman–Crippen MR) is 108 cm³/mol. The number of sulfone groups is 1. The highest BCUT2D eigenvalue weighted by Gasteiger charge is 2.42. The van der Waals surface area contributed by atoms with Gasteiger partial charge in [-0.25, -0.2) is 12.8 Å². The highest BCUT2D eigenvalue weighted by molar-refractivity contribution is 7.93. The second kappa shape index (κ2) is 7.93. The van der Waals surface area contributed by atoms with Crippen molar-refractivity contribution in [3.8, 4) is 0 Å². The number of nitrogens with zero attached hydrogens (tertiary/aromatic N) is 3. The van der Waals surface area contributed by atoms with Gasteiger partial charge in [0.1, 0.15) is 17.4 Å². The van der Waals surface area contributed by atoms with E-state index in [0.717, 1.165) is 12.1 Å². The van der Waals surface area contributed by atoms with Crippen molar-refractivity contribution < 1.29 is 26.0 Å². The molecule has 1 aromatic carbocycles. The zero-order chi connectivity index (χ0) is 22.3. The van der Waals surface area contributed by atoms with Crippen LogP contribution in [0.1, 0.15) is 31.4 Å². The van der Waals surface area contributed by atoms with Gasteiger partial charge < -0.3 is 5.73 Å². The minimum absolute atomic E-state index is 0.0231. The minimum atomic E-state index is -4.75. The normalized spacial score (nSPS) is 20.4. The first kappa shape index (κ1) is 22.1. The topological polar surface area (TPSA) is 97.2 Å². The van der Waals surface area contributed by atoms with Crippen LogP contribution in [0.2, 0.25) is 0 Å². The van der Waals surface area contributed by atoms with Crippen LogP contribution in [0.5, 0.6) is 0 Å². The molecule has 2 N–H and O–H groups in total. The average molecular weight is 444 g/mol. The SMILES string of the molecule is CC(C)S(=O)(=O)C1N=C(C(F)(F)F)CC=C1c1ccc(C2=NCC(N)=NC2)c(F)c1. The lowest BCUT2D eigenvalue weighted by Gasteiger charge is -2.25. The molecule has 0 aromatic heterocycles. The van der Waals surface area contributed by atoms with Gasteiger partial charge in [0.25, 0.3) is 0 Å². The maximum Gasteiger partial charge on any atom is 0.429 e. The van der Waals surface area contributed by atoms with Crippen molar-refractivity contribution in [1.82, 2.24) is 0 Å². The molecule has 6 nitrogen and oxygen atoms in total. The first-order valence-electron chi connectivity index (χ1n) is 9.10. The number of nitrogens with two attached hydrogens (primary N) is 1. The average Bonchev–Trinajstić information content (AvgIpc) is 2.67. The van der Waals surface area contributed by atoms with Gasteiger partial charge in [-0.15, -0.1) is 0 Å². The summed E-state index contributed by atoms with van der Waals surface area (Å²) in [6.07, 6.45) is -4.19. The fraction of sp³-hybridized carbons (Fsp3) is 0.421. The van der Waals surface area contributed by atoms with Crippen molar-refractivity contribution in [3.05, 3.63) is 41.2 Å². The molecule has 2 aliphatic heterocycles. The third kappa shape index (κ3) is 4.30. The van der Waals surface area contributed by atoms with Gasteiger partial charge in [0.2, 0.25) is 0 Å². The number of allylic oxidation sites excluding steroid dienone is 1. The van der Waals surface area contributed by atoms with Crippen molar-refractivity contribution in [2.45, 2.75) is 37.1 Å². The van der Waals surface area contributed by atoms with E-state index in [0.29, 0.717) is 11.5 Å². The van der Waals surface area contributed by atoms with Crippen molar-refractivity contribution in [2.24, 2.45) is 20.7 Å². The fourth-order valence-corrected chi connectivity index (χ4v) is 4.46. The lowest BCUT2D eigenvalue weighted by atomic mass is 9.98. The van der Waals surface area contributed by atoms with E-state index < -0.39 is 44.6 Å². The number of rotatable bonds is 4. The third-order valence-corrected chi connectivity index (χ3v) is 7.12. The number of amidine groups is 1. The zero-order valence-corrected chi connectivity index (χ0v) is 17.1. The lowest BCUT2D eigenvalue weighted by Crippen LogP contribution is -2.34. The summed E-state index contributed by atoms with van der Waals surface area (Å²) < 4.78 is 79.6. The Morgan fingerprint density at radius 3 is 2.40 bits per heavy atom. The summed E-state index contributed by atoms with van der Waals surface area (Å²) in [6.45, 7) is 2.97. The van der Waals surface area contributed by atoms with E-state index in [-0.39, 0.29) is 29.8 Å². The summed E-state index contributed by atoms with van der Waals surface area (Å²) in [4.78, 5) is 11.7. The molecule has 162 valence electrons. The highest BCUT2D eigenvalue weighted by atomic mass is 32.2. The number of benzene rings is 1. The summed E-state index contributed by atoms with van der Waals surface area (Å²) >= 11 is 0. The van der Waals surface area contributed by atoms with Crippen molar-refractivity contribution in [1.29, 1.82) is 0 Å². The first-order valence-corrected chi connectivity index (χ1v) is 10.7. The lowest BCUT2D eigenvalue weighted by molar-refractivity contribution is -0.0602. The molecule has 0 saturated heterocycles. The Morgan fingerprint density at radius 2 is 1.87 bits per heavy atom. The molecule has 0 bridgehead atoms. The molecule has 0 radical (unpaired) electrons. The second-order valence-electron chi connectivity index (χ2n) is 7.19. The molecule has 0 spiro atoms. The molecule has 2 heterocycles. The zero-order valence-electron chi connectivity index (χ0n) is 16.2. The molecule has 0 aliphatic carbocycles. The first-order chi connectivity index (χ1) is 13.9. The standard InChI is InChI=1S/C19H20F4N4O2S/c1-10(2)30(28,29)18-12(5-6-16(27-18)19(21,22)23)11-3-4-13(14(20)7-11)15-8-26-17(24)9-25-15/h3-5,7,10,18H,6,8-9H2,1-2H3,(H2,24,26). The molecule has 3 rings (SSSR count). The predicted octanol–water partition coefficient (Wildman–Crippen LogP) is 2.93. The maximum absolute atomic E-state index is 14.8. The van der Waals surface area contributed by atoms with Crippen molar-refractivity contribution in [2.75, 3.05) is 13.1 Å². The Morgan fingerprint density at radius 1 is 1.17 bits per heavy atom. The molecule has 1 aromatic rings. The van der Waals surface area contributed by atoms with E-state index in [1.54, 1.807) is 0 Å². The molecule has 0 fully saturated rings. The van der Waals surface area contributed by atoms with Gasteiger partial charge >= 0.3 is 6.18 Å². The van der Waals surface area contributed by atoms with Gasteiger partial charge in [-0.3, -0.25) is 15.0 Å². The van der Waals surface area contributed by atoms with Crippen LogP contribution in [-0.4, -0.2) is 55.6 Å². The monoisotopic (exact) mass is 444 g/mol. The molecular weight excluding hydrogens is 424 g/mol. The van der Waals surface area contributed by atoms with Crippen LogP contribution in [0, 0.1) is 5.82 Å². The van der Waals surface area contributed by atoms with Crippen molar-refractivity contribution >= 4 is 32.7 Å². The quantitative estimate of drug-likeness (QED) is 0.723. The second-order valence-corrected chi connectivity index (χ2v) is 9.76. The van der Waals surface area contributed by atoms with Gasteiger partial charge in [-0.1, -0.05) is 12.1 Å². The largest absolute Gasteiger partial charge is 0.429 e. The summed E-state index contributed by atoms with van der Waals surface area (Å²) in [5.41, 5.74) is 5.10. The van der Waals surface area contributed by atoms with Crippen LogP contribution >= 0.6 is 0 Å². The molecule has 30 heavy (non-hydrogen) atoms. The van der Waals surface area contributed by atoms with Gasteiger partial charge in [0.05, 0.1) is 24.1 Å². The number of hydrogen-bond acceptors (Lipinski definition) is 6. The van der Waals surface area contributed by atoms with Crippen LogP contribution in [0.25, 0.3) is 5.57 Å². The summed E-state index contributed by atoms with van der Waals surface area (Å²) in [5.74, 6) is -0.350. The minimum Gasteiger partial charge on any atom is -0.386 e. The third-order valence-electron chi connectivity index (χ3n) is 4.83. The Bertz CT molecular complexity index is 1090. The number of aliphatic imine (C=N–C) groups is 3. The Hall–Kier alpha value is -2.56. The molecule has 0 saturated carbocycles. The Labute approximate surface area is 171 Å². The van der Waals surface area contributed by atoms with Crippen LogP contribution < -0.4 is 5.73 Å². The molecule has 0 amide bonds. The molecule has 11 heteroatoms. The number of dihydropyridines is 1. The Kier molecular flexibility index (Phi) is 5.85. The van der Waals surface area contributed by atoms with Gasteiger partial charge in [0, 0.05) is 12.0 Å². The smallest absolute Gasteiger partial charge is 0.386 e. The summed E-state index contributed by atoms with van der Waals surface area (Å²) in [6, 6.07) is 3.94. The highest BCUT2D eigenvalue weighted by Crippen LogP contribution is 2.35. The van der Waals surface area contributed by atoms with Crippen LogP contribution in [0.3, 0.4) is 0 Å². The van der Waals surface area contributed by atoms with E-state index >= 15 is 0 Å². The van der Waals surface area contributed by atoms with Crippen LogP contribution in [0.15, 0.2) is 39.3 Å². The number of hydrogen-bond donors (Lipinski definition) is 1. The van der Waals surface area contributed by atoms with E-state index in [1.807, 2.05) is 0 Å². The summed E-state index contributed by atoms with van der Waals surface area (Å²) in [7, 11) is -4.07. The van der Waals surface area contributed by atoms with E-state index in [9.17, 15) is 26.0 Å². The number of halogens is 4. The van der Waals surface area contributed by atoms with E-state index in [1.165, 1.54) is 26.0 Å². The van der Waals surface area contributed by atoms with E-state index in [4.69, 9.17) is 5.73 Å². The van der Waals surface area contributed by atoms with Gasteiger partial charge in [-0.2, -0.15) is 13.2 Å². The van der Waals surface area contributed by atoms with Gasteiger partial charge in [-0.05, 0) is 37.1 Å². The van der Waals surface area contributed by atoms with Crippen LogP contribution in [0.4, 0.5) is 17.6 Å². The molecule has 1 atom stereocenters. The maximum atomic E-state index is 14.8. The molecule has 1 unspecified atom stereocenters. The van der Waals surface area contributed by atoms with Crippen LogP contribution in [-0.2, 0) is 9.84 Å². The number of alkyl halides is 3. The van der Waals surface area contributed by atoms with E-state index in [2.05, 4.69) is 15.0 Å². The molecule has 2 aliphatic rings. The Balaban J connectivity index is 2.01. The fourth-order valence-electron chi connectivity index (χ4n) is 3.08. The molecular formula is C19H20F4N4O2S. The summed E-state index contributed by atoms with van der Waals surface area (Å²) in [5, 5.41) is -2.73.